The van der Waals surface area contributed by atoms with Gasteiger partial charge < -0.3 is 0 Å². The third-order valence-corrected chi connectivity index (χ3v) is 8.67. The van der Waals surface area contributed by atoms with Gasteiger partial charge in [-0.2, -0.15) is 0 Å². The molecule has 0 saturated heterocycles. The van der Waals surface area contributed by atoms with Crippen LogP contribution in [0.1, 0.15) is 113 Å². The van der Waals surface area contributed by atoms with Crippen LogP contribution in [0, 0.1) is 19.3 Å². The Morgan fingerprint density at radius 3 is 2.32 bits per heavy atom. The fourth-order valence-corrected chi connectivity index (χ4v) is 5.84. The third kappa shape index (κ3) is 8.69. The highest BCUT2D eigenvalue weighted by Crippen LogP contribution is 2.42. The number of pyridine rings is 1. The molecular weight excluding hydrogens is 458 g/mol. The van der Waals surface area contributed by atoms with Crippen molar-refractivity contribution in [2.75, 3.05) is 0 Å². The Morgan fingerprint density at radius 1 is 0.974 bits per heavy atom. The van der Waals surface area contributed by atoms with Gasteiger partial charge >= 0.3 is 0 Å². The second kappa shape index (κ2) is 13.9. The van der Waals surface area contributed by atoms with Crippen molar-refractivity contribution in [3.63, 3.8) is 0 Å². The number of benzene rings is 1. The molecule has 0 spiro atoms. The summed E-state index contributed by atoms with van der Waals surface area (Å²) in [5.74, 6) is 0. The van der Waals surface area contributed by atoms with Crippen LogP contribution >= 0.6 is 0 Å². The Balaban J connectivity index is 1.55. The van der Waals surface area contributed by atoms with Crippen LogP contribution in [-0.2, 0) is 19.3 Å². The van der Waals surface area contributed by atoms with Crippen LogP contribution in [0.3, 0.4) is 0 Å². The van der Waals surface area contributed by atoms with E-state index >= 15 is 0 Å². The van der Waals surface area contributed by atoms with Crippen molar-refractivity contribution in [1.29, 1.82) is 0 Å². The molecule has 204 valence electrons. The largest absolute Gasteiger partial charge is 0.264 e. The lowest BCUT2D eigenvalue weighted by molar-refractivity contribution is 0.257. The molecule has 0 amide bonds. The second-order valence-electron chi connectivity index (χ2n) is 12.4. The van der Waals surface area contributed by atoms with E-state index in [0.717, 1.165) is 17.6 Å². The number of aromatic nitrogens is 1. The maximum atomic E-state index is 4.37. The molecule has 0 N–H and O–H groups in total. The molecule has 1 aromatic carbocycles. The van der Waals surface area contributed by atoms with Crippen molar-refractivity contribution in [2.45, 2.75) is 113 Å². The monoisotopic (exact) mass is 509 g/mol. The molecule has 3 rings (SSSR count). The molecule has 1 unspecified atom stereocenters. The van der Waals surface area contributed by atoms with Gasteiger partial charge in [-0.05, 0) is 156 Å². The van der Waals surface area contributed by atoms with Crippen molar-refractivity contribution in [3.05, 3.63) is 105 Å². The summed E-state index contributed by atoms with van der Waals surface area (Å²) in [7, 11) is 0. The molecule has 0 fully saturated rings. The summed E-state index contributed by atoms with van der Waals surface area (Å²) in [5, 5.41) is 0. The first-order valence-electron chi connectivity index (χ1n) is 14.7. The maximum Gasteiger partial charge on any atom is 0.0342 e. The highest BCUT2D eigenvalue weighted by atomic mass is 14.6. The van der Waals surface area contributed by atoms with Gasteiger partial charge in [0.05, 0.1) is 0 Å². The van der Waals surface area contributed by atoms with Crippen LogP contribution in [0.5, 0.6) is 0 Å². The molecule has 1 heteroatoms. The maximum absolute atomic E-state index is 4.37. The van der Waals surface area contributed by atoms with E-state index in [1.807, 2.05) is 18.5 Å². The Hall–Kier alpha value is -2.67. The van der Waals surface area contributed by atoms with Crippen molar-refractivity contribution >= 4 is 5.57 Å². The topological polar surface area (TPSA) is 12.9 Å². The molecule has 0 aliphatic heterocycles. The van der Waals surface area contributed by atoms with E-state index in [9.17, 15) is 0 Å². The van der Waals surface area contributed by atoms with E-state index in [0.29, 0.717) is 5.41 Å². The summed E-state index contributed by atoms with van der Waals surface area (Å²) in [6.45, 7) is 20.5. The fraction of sp³-hybridized carbons (Fsp3) is 0.486. The highest BCUT2D eigenvalue weighted by molar-refractivity contribution is 5.66. The summed E-state index contributed by atoms with van der Waals surface area (Å²) in [6.07, 6.45) is 22.8. The fourth-order valence-electron chi connectivity index (χ4n) is 5.84. The van der Waals surface area contributed by atoms with Gasteiger partial charge in [-0.15, -0.1) is 0 Å². The van der Waals surface area contributed by atoms with Crippen LogP contribution in [0.2, 0.25) is 0 Å². The number of aryl methyl sites for hydroxylation is 1. The number of hydrogen-bond donors (Lipinski definition) is 0. The SMILES string of the molecule is C=C(Cc1cc2c(c(C)c1C)CC(C)(CC/C=C(\C)CC/C=C(\C)CCC=C(C)C)CC2)c1cccnc1. The van der Waals surface area contributed by atoms with Gasteiger partial charge in [0.15, 0.2) is 0 Å². The molecular formula is C37H51N. The van der Waals surface area contributed by atoms with Crippen molar-refractivity contribution in [3.8, 4) is 0 Å². The van der Waals surface area contributed by atoms with Gasteiger partial charge in [-0.25, -0.2) is 0 Å². The van der Waals surface area contributed by atoms with Gasteiger partial charge in [-0.1, -0.05) is 60.6 Å². The normalized spacial score (nSPS) is 17.8. The quantitative estimate of drug-likeness (QED) is 0.259. The molecule has 1 aliphatic carbocycles. The number of allylic oxidation sites excluding steroid dienone is 7. The Kier molecular flexibility index (Phi) is 11.0. The van der Waals surface area contributed by atoms with E-state index in [-0.39, 0.29) is 0 Å². The van der Waals surface area contributed by atoms with E-state index in [1.54, 1.807) is 16.7 Å². The third-order valence-electron chi connectivity index (χ3n) is 8.67. The van der Waals surface area contributed by atoms with Crippen molar-refractivity contribution in [1.82, 2.24) is 4.98 Å². The Morgan fingerprint density at radius 2 is 1.66 bits per heavy atom. The number of rotatable bonds is 12. The molecule has 1 aromatic heterocycles. The highest BCUT2D eigenvalue weighted by Gasteiger charge is 2.31. The molecule has 1 aliphatic rings. The van der Waals surface area contributed by atoms with E-state index in [1.165, 1.54) is 85.6 Å². The molecule has 38 heavy (non-hydrogen) atoms. The average Bonchev–Trinajstić information content (AvgIpc) is 2.88. The van der Waals surface area contributed by atoms with Gasteiger partial charge in [0, 0.05) is 12.4 Å². The zero-order chi connectivity index (χ0) is 27.7. The number of nitrogens with zero attached hydrogens (tertiary/aromatic N) is 1. The standard InChI is InChI=1S/C37H51N/c1-27(2)13-9-14-28(3)15-10-16-29(4)17-11-20-37(8)21-19-33-24-35(31(6)32(7)36(33)25-37)23-30(5)34-18-12-22-38-26-34/h12-13,15,17-18,22,24,26H,5,9-11,14,16,19-21,23,25H2,1-4,6-8H3/b28-15+,29-17+. The molecule has 0 radical (unpaired) electrons. The Labute approximate surface area is 233 Å². The minimum absolute atomic E-state index is 0.392. The predicted octanol–water partition coefficient (Wildman–Crippen LogP) is 10.6. The van der Waals surface area contributed by atoms with Crippen LogP contribution < -0.4 is 0 Å². The molecule has 1 nitrogen and oxygen atoms in total. The first-order valence-corrected chi connectivity index (χ1v) is 14.7. The molecule has 0 saturated carbocycles. The summed E-state index contributed by atoms with van der Waals surface area (Å²) >= 11 is 0. The van der Waals surface area contributed by atoms with E-state index in [4.69, 9.17) is 0 Å². The van der Waals surface area contributed by atoms with Crippen molar-refractivity contribution < 1.29 is 0 Å². The molecule has 1 heterocycles. The average molecular weight is 510 g/mol. The first-order chi connectivity index (χ1) is 18.1. The summed E-state index contributed by atoms with van der Waals surface area (Å²) in [6, 6.07) is 6.59. The molecule has 2 aromatic rings. The number of fused-ring (bicyclic) bond motifs is 1. The van der Waals surface area contributed by atoms with Gasteiger partial charge in [-0.3, -0.25) is 4.98 Å². The van der Waals surface area contributed by atoms with Crippen LogP contribution in [0.15, 0.2) is 72.1 Å². The lowest BCUT2D eigenvalue weighted by Gasteiger charge is -2.37. The minimum atomic E-state index is 0.392. The smallest absolute Gasteiger partial charge is 0.0342 e. The van der Waals surface area contributed by atoms with Crippen LogP contribution in [-0.4, -0.2) is 4.98 Å². The first kappa shape index (κ1) is 29.9. The lowest BCUT2D eigenvalue weighted by atomic mass is 9.68. The van der Waals surface area contributed by atoms with Crippen LogP contribution in [0.25, 0.3) is 5.57 Å². The predicted molar refractivity (Wildman–Crippen MR) is 168 cm³/mol. The minimum Gasteiger partial charge on any atom is -0.264 e. The van der Waals surface area contributed by atoms with Gasteiger partial charge in [0.25, 0.3) is 0 Å². The second-order valence-corrected chi connectivity index (χ2v) is 12.4. The van der Waals surface area contributed by atoms with E-state index in [2.05, 4.69) is 90.4 Å². The van der Waals surface area contributed by atoms with Crippen molar-refractivity contribution in [2.24, 2.45) is 5.41 Å². The summed E-state index contributed by atoms with van der Waals surface area (Å²) in [4.78, 5) is 4.28. The summed E-state index contributed by atoms with van der Waals surface area (Å²) in [5.41, 5.74) is 14.7. The summed E-state index contributed by atoms with van der Waals surface area (Å²) < 4.78 is 0. The van der Waals surface area contributed by atoms with E-state index < -0.39 is 0 Å². The van der Waals surface area contributed by atoms with Gasteiger partial charge in [0.2, 0.25) is 0 Å². The Bertz CT molecular complexity index is 1190. The zero-order valence-electron chi connectivity index (χ0n) is 25.3. The zero-order valence-corrected chi connectivity index (χ0v) is 25.3. The number of hydrogen-bond acceptors (Lipinski definition) is 1. The molecule has 0 bridgehead atoms. The molecule has 1 atom stereocenters. The van der Waals surface area contributed by atoms with Crippen LogP contribution in [0.4, 0.5) is 0 Å². The lowest BCUT2D eigenvalue weighted by Crippen LogP contribution is -2.27. The van der Waals surface area contributed by atoms with Gasteiger partial charge in [0.1, 0.15) is 0 Å².